The number of hydrogen-bond donors (Lipinski definition) is 0. The van der Waals surface area contributed by atoms with Gasteiger partial charge >= 0.3 is 0 Å². The highest BCUT2D eigenvalue weighted by Crippen LogP contribution is 2.21. The van der Waals surface area contributed by atoms with E-state index in [4.69, 9.17) is 16.3 Å². The van der Waals surface area contributed by atoms with Crippen molar-refractivity contribution in [2.75, 3.05) is 6.61 Å². The summed E-state index contributed by atoms with van der Waals surface area (Å²) in [6.07, 6.45) is 2.08. The van der Waals surface area contributed by atoms with E-state index in [1.54, 1.807) is 0 Å². The van der Waals surface area contributed by atoms with Crippen molar-refractivity contribution in [3.63, 3.8) is 0 Å². The number of ether oxygens (including phenoxy) is 1. The van der Waals surface area contributed by atoms with Crippen molar-refractivity contribution in [1.29, 1.82) is 0 Å². The molecule has 2 rings (SSSR count). The Kier molecular flexibility index (Phi) is 5.90. The highest BCUT2D eigenvalue weighted by molar-refractivity contribution is 9.10. The summed E-state index contributed by atoms with van der Waals surface area (Å²) >= 11 is 9.52. The van der Waals surface area contributed by atoms with Crippen LogP contribution >= 0.6 is 27.5 Å². The Bertz CT molecular complexity index is 513. The van der Waals surface area contributed by atoms with Crippen molar-refractivity contribution < 1.29 is 4.74 Å². The molecule has 0 aliphatic heterocycles. The maximum Gasteiger partial charge on any atom is 0.0731 e. The lowest BCUT2D eigenvalue weighted by molar-refractivity contribution is 0.119. The summed E-state index contributed by atoms with van der Waals surface area (Å²) in [6, 6.07) is 16.3. The zero-order valence-electron chi connectivity index (χ0n) is 10.6. The van der Waals surface area contributed by atoms with Crippen molar-refractivity contribution in [3.05, 3.63) is 69.2 Å². The molecule has 100 valence electrons. The van der Waals surface area contributed by atoms with Crippen LogP contribution in [0.3, 0.4) is 0 Å². The Labute approximate surface area is 127 Å². The Morgan fingerprint density at radius 2 is 1.84 bits per heavy atom. The third kappa shape index (κ3) is 4.98. The highest BCUT2D eigenvalue weighted by Gasteiger charge is 2.01. The molecule has 2 aromatic rings. The lowest BCUT2D eigenvalue weighted by atomic mass is 10.1. The van der Waals surface area contributed by atoms with E-state index >= 15 is 0 Å². The van der Waals surface area contributed by atoms with Crippen LogP contribution in [0.2, 0.25) is 5.02 Å². The van der Waals surface area contributed by atoms with Crippen molar-refractivity contribution in [2.45, 2.75) is 19.4 Å². The summed E-state index contributed by atoms with van der Waals surface area (Å²) in [5.41, 5.74) is 2.39. The molecule has 0 amide bonds. The molecule has 0 bridgehead atoms. The molecule has 0 radical (unpaired) electrons. The van der Waals surface area contributed by atoms with Gasteiger partial charge in [-0.2, -0.15) is 0 Å². The molecule has 0 N–H and O–H groups in total. The van der Waals surface area contributed by atoms with Gasteiger partial charge in [0.25, 0.3) is 0 Å². The van der Waals surface area contributed by atoms with Crippen LogP contribution < -0.4 is 0 Å². The van der Waals surface area contributed by atoms with E-state index in [2.05, 4.69) is 40.2 Å². The summed E-state index contributed by atoms with van der Waals surface area (Å²) < 4.78 is 6.65. The van der Waals surface area contributed by atoms with Crippen LogP contribution in [0.5, 0.6) is 0 Å². The minimum atomic E-state index is 0.570. The van der Waals surface area contributed by atoms with Gasteiger partial charge in [0.05, 0.1) is 6.61 Å². The van der Waals surface area contributed by atoms with E-state index in [1.807, 2.05) is 24.3 Å². The van der Waals surface area contributed by atoms with E-state index in [9.17, 15) is 0 Å². The molecule has 3 heteroatoms. The predicted octanol–water partition coefficient (Wildman–Crippen LogP) is 5.25. The Balaban J connectivity index is 1.69. The molecule has 0 atom stereocenters. The number of halogens is 2. The Morgan fingerprint density at radius 1 is 1.05 bits per heavy atom. The zero-order valence-corrected chi connectivity index (χ0v) is 13.0. The van der Waals surface area contributed by atoms with Crippen LogP contribution in [-0.2, 0) is 17.8 Å². The molecule has 0 aliphatic carbocycles. The molecule has 0 heterocycles. The van der Waals surface area contributed by atoms with Crippen LogP contribution in [0, 0.1) is 0 Å². The third-order valence-electron chi connectivity index (χ3n) is 2.87. The normalized spacial score (nSPS) is 10.6. The highest BCUT2D eigenvalue weighted by atomic mass is 79.9. The lowest BCUT2D eigenvalue weighted by Gasteiger charge is -2.07. The average molecular weight is 340 g/mol. The molecule has 0 aliphatic rings. The molecule has 0 unspecified atom stereocenters. The largest absolute Gasteiger partial charge is 0.377 e. The average Bonchev–Trinajstić information content (AvgIpc) is 2.42. The van der Waals surface area contributed by atoms with Crippen LogP contribution in [0.25, 0.3) is 0 Å². The van der Waals surface area contributed by atoms with Gasteiger partial charge in [0.15, 0.2) is 0 Å². The van der Waals surface area contributed by atoms with Crippen molar-refractivity contribution in [3.8, 4) is 0 Å². The molecule has 0 spiro atoms. The summed E-state index contributed by atoms with van der Waals surface area (Å²) in [6.45, 7) is 1.32. The fourth-order valence-corrected chi connectivity index (χ4v) is 2.57. The first-order valence-electron chi connectivity index (χ1n) is 6.31. The standard InChI is InChI=1S/C16H16BrClO/c17-15-9-8-14(16(18)11-15)12-19-10-4-7-13-5-2-1-3-6-13/h1-3,5-6,8-9,11H,4,7,10,12H2. The topological polar surface area (TPSA) is 9.23 Å². The molecule has 0 saturated heterocycles. The monoisotopic (exact) mass is 338 g/mol. The molecule has 2 aromatic carbocycles. The van der Waals surface area contributed by atoms with Crippen LogP contribution in [0.1, 0.15) is 17.5 Å². The summed E-state index contributed by atoms with van der Waals surface area (Å²) in [5.74, 6) is 0. The third-order valence-corrected chi connectivity index (χ3v) is 3.71. The molecule has 0 fully saturated rings. The summed E-state index contributed by atoms with van der Waals surface area (Å²) in [4.78, 5) is 0. The van der Waals surface area contributed by atoms with E-state index in [0.29, 0.717) is 6.61 Å². The number of rotatable bonds is 6. The van der Waals surface area contributed by atoms with E-state index in [1.165, 1.54) is 5.56 Å². The molecular weight excluding hydrogens is 324 g/mol. The van der Waals surface area contributed by atoms with E-state index in [-0.39, 0.29) is 0 Å². The number of aryl methyl sites for hydroxylation is 1. The molecule has 0 saturated carbocycles. The number of benzene rings is 2. The predicted molar refractivity (Wildman–Crippen MR) is 83.6 cm³/mol. The molecular formula is C16H16BrClO. The fraction of sp³-hybridized carbons (Fsp3) is 0.250. The van der Waals surface area contributed by atoms with Crippen molar-refractivity contribution in [1.82, 2.24) is 0 Å². The van der Waals surface area contributed by atoms with Gasteiger partial charge in [-0.25, -0.2) is 0 Å². The van der Waals surface area contributed by atoms with E-state index < -0.39 is 0 Å². The first kappa shape index (κ1) is 14.6. The summed E-state index contributed by atoms with van der Waals surface area (Å²) in [7, 11) is 0. The minimum absolute atomic E-state index is 0.570. The first-order valence-corrected chi connectivity index (χ1v) is 7.48. The van der Waals surface area contributed by atoms with E-state index in [0.717, 1.165) is 34.5 Å². The minimum Gasteiger partial charge on any atom is -0.377 e. The zero-order chi connectivity index (χ0) is 13.5. The van der Waals surface area contributed by atoms with Gasteiger partial charge in [-0.05, 0) is 36.1 Å². The quantitative estimate of drug-likeness (QED) is 0.653. The maximum absolute atomic E-state index is 6.13. The van der Waals surface area contributed by atoms with Crippen LogP contribution in [-0.4, -0.2) is 6.61 Å². The van der Waals surface area contributed by atoms with Gasteiger partial charge in [-0.15, -0.1) is 0 Å². The van der Waals surface area contributed by atoms with Gasteiger partial charge in [-0.1, -0.05) is 63.9 Å². The fourth-order valence-electron chi connectivity index (χ4n) is 1.84. The van der Waals surface area contributed by atoms with Gasteiger partial charge < -0.3 is 4.74 Å². The van der Waals surface area contributed by atoms with Crippen molar-refractivity contribution in [2.24, 2.45) is 0 Å². The second-order valence-electron chi connectivity index (χ2n) is 4.38. The second-order valence-corrected chi connectivity index (χ2v) is 5.70. The molecule has 19 heavy (non-hydrogen) atoms. The van der Waals surface area contributed by atoms with Crippen LogP contribution in [0.15, 0.2) is 53.0 Å². The number of hydrogen-bond acceptors (Lipinski definition) is 1. The lowest BCUT2D eigenvalue weighted by Crippen LogP contribution is -1.98. The van der Waals surface area contributed by atoms with Gasteiger partial charge in [0.1, 0.15) is 0 Å². The van der Waals surface area contributed by atoms with Crippen molar-refractivity contribution >= 4 is 27.5 Å². The van der Waals surface area contributed by atoms with Gasteiger partial charge in [0.2, 0.25) is 0 Å². The van der Waals surface area contributed by atoms with Crippen LogP contribution in [0.4, 0.5) is 0 Å². The summed E-state index contributed by atoms with van der Waals surface area (Å²) in [5, 5.41) is 0.748. The first-order chi connectivity index (χ1) is 9.25. The SMILES string of the molecule is Clc1cc(Br)ccc1COCCCc1ccccc1. The Morgan fingerprint density at radius 3 is 2.58 bits per heavy atom. The van der Waals surface area contributed by atoms with Gasteiger partial charge in [-0.3, -0.25) is 0 Å². The second kappa shape index (κ2) is 7.68. The molecule has 1 nitrogen and oxygen atoms in total. The Hall–Kier alpha value is -0.830. The van der Waals surface area contributed by atoms with Gasteiger partial charge in [0, 0.05) is 16.1 Å². The maximum atomic E-state index is 6.13. The smallest absolute Gasteiger partial charge is 0.0731 e. The molecule has 0 aromatic heterocycles.